The van der Waals surface area contributed by atoms with Gasteiger partial charge in [-0.2, -0.15) is 0 Å². The zero-order chi connectivity index (χ0) is 15.2. The minimum atomic E-state index is 0.830. The molecular formula is C20H41N. The van der Waals surface area contributed by atoms with Crippen molar-refractivity contribution in [1.82, 2.24) is 5.32 Å². The Morgan fingerprint density at radius 1 is 0.714 bits per heavy atom. The first-order valence-corrected chi connectivity index (χ1v) is 10.1. The molecule has 21 heavy (non-hydrogen) atoms. The topological polar surface area (TPSA) is 12.0 Å². The van der Waals surface area contributed by atoms with Crippen LogP contribution >= 0.6 is 0 Å². The van der Waals surface area contributed by atoms with Crippen LogP contribution in [0.4, 0.5) is 0 Å². The molecule has 0 aromatic heterocycles. The van der Waals surface area contributed by atoms with Gasteiger partial charge >= 0.3 is 0 Å². The van der Waals surface area contributed by atoms with Crippen molar-refractivity contribution in [2.24, 2.45) is 5.92 Å². The molecule has 0 heterocycles. The summed E-state index contributed by atoms with van der Waals surface area (Å²) in [6.45, 7) is 5.89. The molecule has 1 rings (SSSR count). The van der Waals surface area contributed by atoms with E-state index in [0.717, 1.165) is 12.0 Å². The lowest BCUT2D eigenvalue weighted by Crippen LogP contribution is -2.29. The lowest BCUT2D eigenvalue weighted by Gasteiger charge is -2.16. The van der Waals surface area contributed by atoms with Gasteiger partial charge in [-0.1, -0.05) is 84.5 Å². The lowest BCUT2D eigenvalue weighted by molar-refractivity contribution is 0.407. The Hall–Kier alpha value is -0.0400. The fourth-order valence-electron chi connectivity index (χ4n) is 3.84. The predicted molar refractivity (Wildman–Crippen MR) is 95.9 cm³/mol. The summed E-state index contributed by atoms with van der Waals surface area (Å²) in [5.41, 5.74) is 0. The zero-order valence-corrected chi connectivity index (χ0v) is 15.0. The molecule has 0 aromatic carbocycles. The van der Waals surface area contributed by atoms with Gasteiger partial charge in [0.1, 0.15) is 0 Å². The highest BCUT2D eigenvalue weighted by molar-refractivity contribution is 4.74. The van der Waals surface area contributed by atoms with E-state index in [4.69, 9.17) is 0 Å². The van der Waals surface area contributed by atoms with Gasteiger partial charge in [0.05, 0.1) is 0 Å². The van der Waals surface area contributed by atoms with E-state index in [2.05, 4.69) is 19.2 Å². The first-order chi connectivity index (χ1) is 10.4. The smallest absolute Gasteiger partial charge is 0.00671 e. The van der Waals surface area contributed by atoms with E-state index in [1.54, 1.807) is 0 Å². The third-order valence-corrected chi connectivity index (χ3v) is 5.25. The zero-order valence-electron chi connectivity index (χ0n) is 15.0. The van der Waals surface area contributed by atoms with Crippen LogP contribution in [0.25, 0.3) is 0 Å². The number of rotatable bonds is 12. The van der Waals surface area contributed by atoms with Gasteiger partial charge in [0.15, 0.2) is 0 Å². The third kappa shape index (κ3) is 10.3. The average molecular weight is 296 g/mol. The largest absolute Gasteiger partial charge is 0.314 e. The molecule has 0 aliphatic heterocycles. The second-order valence-electron chi connectivity index (χ2n) is 7.29. The quantitative estimate of drug-likeness (QED) is 0.321. The van der Waals surface area contributed by atoms with E-state index in [-0.39, 0.29) is 0 Å². The van der Waals surface area contributed by atoms with Crippen molar-refractivity contribution in [2.75, 3.05) is 6.54 Å². The Morgan fingerprint density at radius 2 is 1.43 bits per heavy atom. The van der Waals surface area contributed by atoms with Crippen molar-refractivity contribution < 1.29 is 0 Å². The van der Waals surface area contributed by atoms with Gasteiger partial charge in [0, 0.05) is 6.04 Å². The van der Waals surface area contributed by atoms with Crippen molar-refractivity contribution in [2.45, 2.75) is 116 Å². The van der Waals surface area contributed by atoms with Crippen molar-refractivity contribution in [3.63, 3.8) is 0 Å². The molecule has 2 atom stereocenters. The Balaban J connectivity index is 1.91. The molecule has 0 saturated heterocycles. The molecule has 1 fully saturated rings. The number of hydrogen-bond acceptors (Lipinski definition) is 1. The highest BCUT2D eigenvalue weighted by Gasteiger charge is 2.17. The van der Waals surface area contributed by atoms with E-state index in [0.29, 0.717) is 0 Å². The summed E-state index contributed by atoms with van der Waals surface area (Å²) in [5.74, 6) is 1.03. The Labute approximate surface area is 134 Å². The summed E-state index contributed by atoms with van der Waals surface area (Å²) < 4.78 is 0. The molecule has 2 unspecified atom stereocenters. The molecule has 1 heteroatoms. The van der Waals surface area contributed by atoms with Crippen molar-refractivity contribution in [3.05, 3.63) is 0 Å². The Morgan fingerprint density at radius 3 is 2.14 bits per heavy atom. The van der Waals surface area contributed by atoms with Crippen LogP contribution in [0.1, 0.15) is 110 Å². The molecule has 1 N–H and O–H groups in total. The van der Waals surface area contributed by atoms with E-state index < -0.39 is 0 Å². The minimum Gasteiger partial charge on any atom is -0.314 e. The normalized spacial score (nSPS) is 23.1. The highest BCUT2D eigenvalue weighted by Crippen LogP contribution is 2.26. The highest BCUT2D eigenvalue weighted by atomic mass is 14.9. The van der Waals surface area contributed by atoms with Gasteiger partial charge < -0.3 is 5.32 Å². The summed E-state index contributed by atoms with van der Waals surface area (Å²) in [4.78, 5) is 0. The molecule has 126 valence electrons. The van der Waals surface area contributed by atoms with Crippen LogP contribution in [0.15, 0.2) is 0 Å². The first-order valence-electron chi connectivity index (χ1n) is 10.1. The lowest BCUT2D eigenvalue weighted by atomic mass is 9.95. The second-order valence-corrected chi connectivity index (χ2v) is 7.29. The van der Waals surface area contributed by atoms with Crippen LogP contribution in [-0.4, -0.2) is 12.6 Å². The van der Waals surface area contributed by atoms with Crippen LogP contribution in [0.3, 0.4) is 0 Å². The van der Waals surface area contributed by atoms with Gasteiger partial charge in [-0.15, -0.1) is 0 Å². The Bertz CT molecular complexity index is 214. The van der Waals surface area contributed by atoms with Gasteiger partial charge in [-0.25, -0.2) is 0 Å². The van der Waals surface area contributed by atoms with Crippen LogP contribution in [0, 0.1) is 5.92 Å². The summed E-state index contributed by atoms with van der Waals surface area (Å²) in [6.07, 6.45) is 21.6. The van der Waals surface area contributed by atoms with Gasteiger partial charge in [-0.3, -0.25) is 0 Å². The molecule has 1 aliphatic carbocycles. The maximum absolute atomic E-state index is 3.84. The second kappa shape index (κ2) is 13.6. The fourth-order valence-corrected chi connectivity index (χ4v) is 3.84. The third-order valence-electron chi connectivity index (χ3n) is 5.25. The molecule has 0 spiro atoms. The summed E-state index contributed by atoms with van der Waals surface area (Å²) in [5, 5.41) is 3.84. The molecule has 0 bridgehead atoms. The van der Waals surface area contributed by atoms with Crippen molar-refractivity contribution in [1.29, 1.82) is 0 Å². The molecule has 1 aliphatic rings. The maximum Gasteiger partial charge on any atom is 0.00671 e. The van der Waals surface area contributed by atoms with E-state index in [1.807, 2.05) is 0 Å². The molecule has 0 aromatic rings. The maximum atomic E-state index is 3.84. The standard InChI is InChI=1S/C20H41N/c1-3-5-6-7-8-9-10-11-18-21-20-15-12-14-19(13-4-2)16-17-20/h19-21H,3-18H2,1-2H3. The van der Waals surface area contributed by atoms with Crippen LogP contribution in [0.2, 0.25) is 0 Å². The number of hydrogen-bond donors (Lipinski definition) is 1. The Kier molecular flexibility index (Phi) is 12.3. The van der Waals surface area contributed by atoms with Gasteiger partial charge in [-0.05, 0) is 38.1 Å². The van der Waals surface area contributed by atoms with Crippen LogP contribution in [0.5, 0.6) is 0 Å². The average Bonchev–Trinajstić information content (AvgIpc) is 2.71. The minimum absolute atomic E-state index is 0.830. The van der Waals surface area contributed by atoms with E-state index >= 15 is 0 Å². The molecule has 1 saturated carbocycles. The summed E-state index contributed by atoms with van der Waals surface area (Å²) in [6, 6.07) is 0.830. The van der Waals surface area contributed by atoms with Crippen molar-refractivity contribution in [3.8, 4) is 0 Å². The number of unbranched alkanes of at least 4 members (excludes halogenated alkanes) is 7. The monoisotopic (exact) mass is 295 g/mol. The molecule has 0 amide bonds. The molecule has 0 radical (unpaired) electrons. The van der Waals surface area contributed by atoms with Crippen LogP contribution < -0.4 is 5.32 Å². The van der Waals surface area contributed by atoms with Gasteiger partial charge in [0.25, 0.3) is 0 Å². The fraction of sp³-hybridized carbons (Fsp3) is 1.00. The predicted octanol–water partition coefficient (Wildman–Crippen LogP) is 6.47. The van der Waals surface area contributed by atoms with Crippen molar-refractivity contribution >= 4 is 0 Å². The van der Waals surface area contributed by atoms with E-state index in [1.165, 1.54) is 103 Å². The first kappa shape index (κ1) is 19.0. The van der Waals surface area contributed by atoms with E-state index in [9.17, 15) is 0 Å². The molecular weight excluding hydrogens is 254 g/mol. The van der Waals surface area contributed by atoms with Crippen LogP contribution in [-0.2, 0) is 0 Å². The molecule has 1 nitrogen and oxygen atoms in total. The summed E-state index contributed by atoms with van der Waals surface area (Å²) in [7, 11) is 0. The van der Waals surface area contributed by atoms with Gasteiger partial charge in [0.2, 0.25) is 0 Å². The summed E-state index contributed by atoms with van der Waals surface area (Å²) >= 11 is 0. The SMILES string of the molecule is CCCCCCCCCCNC1CCCC(CCC)CC1. The number of nitrogens with one attached hydrogen (secondary N) is 1.